The molecule has 0 bridgehead atoms. The molecule has 0 fully saturated rings. The molecular formula is C16H28O4. The summed E-state index contributed by atoms with van der Waals surface area (Å²) in [5, 5.41) is 38.0. The molecule has 4 nitrogen and oxygen atoms in total. The molecule has 0 saturated heterocycles. The molecule has 0 aliphatic rings. The fourth-order valence-electron chi connectivity index (χ4n) is 1.93. The van der Waals surface area contributed by atoms with Crippen molar-refractivity contribution in [2.24, 2.45) is 5.92 Å². The molecule has 4 heteroatoms. The smallest absolute Gasteiger partial charge is 0.0748 e. The molecule has 20 heavy (non-hydrogen) atoms. The summed E-state index contributed by atoms with van der Waals surface area (Å²) < 4.78 is 0. The summed E-state index contributed by atoms with van der Waals surface area (Å²) in [4.78, 5) is 0. The number of hydrogen-bond acceptors (Lipinski definition) is 4. The van der Waals surface area contributed by atoms with Crippen LogP contribution in [0.5, 0.6) is 0 Å². The van der Waals surface area contributed by atoms with Crippen molar-refractivity contribution < 1.29 is 20.4 Å². The van der Waals surface area contributed by atoms with Crippen LogP contribution in [-0.4, -0.2) is 45.3 Å². The Hall–Kier alpha value is -0.940. The second-order valence-electron chi connectivity index (χ2n) is 4.95. The van der Waals surface area contributed by atoms with Gasteiger partial charge < -0.3 is 20.4 Å². The third-order valence-electron chi connectivity index (χ3n) is 3.19. The van der Waals surface area contributed by atoms with Crippen LogP contribution in [0.25, 0.3) is 0 Å². The Bertz CT molecular complexity index is 288. The summed E-state index contributed by atoms with van der Waals surface area (Å²) >= 11 is 0. The predicted molar refractivity (Wildman–Crippen MR) is 81.2 cm³/mol. The largest absolute Gasteiger partial charge is 0.396 e. The highest BCUT2D eigenvalue weighted by atomic mass is 16.3. The molecule has 0 aliphatic carbocycles. The van der Waals surface area contributed by atoms with Gasteiger partial charge in [-0.25, -0.2) is 0 Å². The molecule has 4 atom stereocenters. The topological polar surface area (TPSA) is 80.9 Å². The molecule has 0 spiro atoms. The quantitative estimate of drug-likeness (QED) is 0.410. The van der Waals surface area contributed by atoms with E-state index in [0.29, 0.717) is 12.8 Å². The molecule has 0 saturated carbocycles. The monoisotopic (exact) mass is 284 g/mol. The fourth-order valence-corrected chi connectivity index (χ4v) is 1.93. The van der Waals surface area contributed by atoms with Gasteiger partial charge in [-0.05, 0) is 25.7 Å². The highest BCUT2D eigenvalue weighted by Crippen LogP contribution is 2.18. The van der Waals surface area contributed by atoms with Gasteiger partial charge in [0.15, 0.2) is 0 Å². The lowest BCUT2D eigenvalue weighted by molar-refractivity contribution is 0.105. The van der Waals surface area contributed by atoms with Crippen molar-refractivity contribution in [3.63, 3.8) is 0 Å². The third kappa shape index (κ3) is 9.04. The Kier molecular flexibility index (Phi) is 11.3. The van der Waals surface area contributed by atoms with Crippen LogP contribution in [0.4, 0.5) is 0 Å². The first-order chi connectivity index (χ1) is 9.54. The van der Waals surface area contributed by atoms with E-state index in [4.69, 9.17) is 5.11 Å². The average molecular weight is 284 g/mol. The minimum atomic E-state index is -0.765. The zero-order valence-corrected chi connectivity index (χ0v) is 12.1. The van der Waals surface area contributed by atoms with E-state index >= 15 is 0 Å². The van der Waals surface area contributed by atoms with Crippen molar-refractivity contribution in [2.45, 2.75) is 50.4 Å². The Morgan fingerprint density at radius 1 is 0.950 bits per heavy atom. The molecule has 0 aromatic rings. The highest BCUT2D eigenvalue weighted by Gasteiger charge is 2.16. The zero-order valence-electron chi connectivity index (χ0n) is 12.1. The van der Waals surface area contributed by atoms with E-state index in [-0.39, 0.29) is 18.9 Å². The van der Waals surface area contributed by atoms with Crippen LogP contribution in [0, 0.1) is 5.92 Å². The summed E-state index contributed by atoms with van der Waals surface area (Å²) in [6, 6.07) is 0. The van der Waals surface area contributed by atoms with E-state index in [9.17, 15) is 15.3 Å². The van der Waals surface area contributed by atoms with Crippen LogP contribution in [0.15, 0.2) is 37.5 Å². The molecule has 4 N–H and O–H groups in total. The molecule has 4 unspecified atom stereocenters. The van der Waals surface area contributed by atoms with E-state index in [0.717, 1.165) is 12.8 Å². The molecule has 0 heterocycles. The SMILES string of the molecule is C=CCCC(C=CC(O)CC(O)C=C)C(O)CCCO. The number of hydrogen-bond donors (Lipinski definition) is 4. The van der Waals surface area contributed by atoms with Gasteiger partial charge in [0.1, 0.15) is 0 Å². The van der Waals surface area contributed by atoms with Crippen LogP contribution < -0.4 is 0 Å². The number of rotatable bonds is 12. The first-order valence-corrected chi connectivity index (χ1v) is 7.12. The second-order valence-corrected chi connectivity index (χ2v) is 4.95. The number of aliphatic hydroxyl groups excluding tert-OH is 4. The summed E-state index contributed by atoms with van der Waals surface area (Å²) in [5.41, 5.74) is 0. The van der Waals surface area contributed by atoms with Gasteiger partial charge in [-0.1, -0.05) is 24.3 Å². The molecular weight excluding hydrogens is 256 g/mol. The lowest BCUT2D eigenvalue weighted by atomic mass is 9.92. The Morgan fingerprint density at radius 3 is 2.20 bits per heavy atom. The van der Waals surface area contributed by atoms with Crippen molar-refractivity contribution in [3.05, 3.63) is 37.5 Å². The molecule has 0 aromatic carbocycles. The number of allylic oxidation sites excluding steroid dienone is 1. The normalized spacial score (nSPS) is 17.6. The van der Waals surface area contributed by atoms with Crippen molar-refractivity contribution in [3.8, 4) is 0 Å². The standard InChI is InChI=1S/C16H28O4/c1-3-5-7-13(16(20)8-6-11-17)9-10-15(19)12-14(18)4-2/h3-4,9-10,13-20H,1-2,5-8,11-12H2. The van der Waals surface area contributed by atoms with Crippen LogP contribution >= 0.6 is 0 Å². The van der Waals surface area contributed by atoms with E-state index in [1.165, 1.54) is 6.08 Å². The van der Waals surface area contributed by atoms with Gasteiger partial charge in [0.2, 0.25) is 0 Å². The van der Waals surface area contributed by atoms with Gasteiger partial charge in [-0.2, -0.15) is 0 Å². The van der Waals surface area contributed by atoms with Gasteiger partial charge in [-0.15, -0.1) is 13.2 Å². The summed E-state index contributed by atoms with van der Waals surface area (Å²) in [7, 11) is 0. The molecule has 0 aromatic heterocycles. The maximum Gasteiger partial charge on any atom is 0.0748 e. The lowest BCUT2D eigenvalue weighted by Gasteiger charge is -2.19. The molecule has 0 amide bonds. The van der Waals surface area contributed by atoms with Crippen molar-refractivity contribution >= 4 is 0 Å². The van der Waals surface area contributed by atoms with E-state index in [1.54, 1.807) is 18.2 Å². The van der Waals surface area contributed by atoms with E-state index in [1.807, 2.05) is 0 Å². The van der Waals surface area contributed by atoms with Crippen molar-refractivity contribution in [2.75, 3.05) is 6.61 Å². The average Bonchev–Trinajstić information content (AvgIpc) is 2.44. The molecule has 0 aliphatic heterocycles. The molecule has 0 radical (unpaired) electrons. The highest BCUT2D eigenvalue weighted by molar-refractivity contribution is 4.98. The second kappa shape index (κ2) is 11.9. The summed E-state index contributed by atoms with van der Waals surface area (Å²) in [5.74, 6) is -0.0879. The van der Waals surface area contributed by atoms with Crippen LogP contribution in [-0.2, 0) is 0 Å². The summed E-state index contributed by atoms with van der Waals surface area (Å²) in [6.07, 6.45) is 7.29. The number of aliphatic hydroxyl groups is 4. The lowest BCUT2D eigenvalue weighted by Crippen LogP contribution is -2.20. The third-order valence-corrected chi connectivity index (χ3v) is 3.19. The Morgan fingerprint density at radius 2 is 1.65 bits per heavy atom. The maximum absolute atomic E-state index is 10.1. The van der Waals surface area contributed by atoms with Crippen molar-refractivity contribution in [1.82, 2.24) is 0 Å². The maximum atomic E-state index is 10.1. The van der Waals surface area contributed by atoms with Gasteiger partial charge in [-0.3, -0.25) is 0 Å². The minimum Gasteiger partial charge on any atom is -0.396 e. The van der Waals surface area contributed by atoms with Gasteiger partial charge >= 0.3 is 0 Å². The minimum absolute atomic E-state index is 0.0586. The molecule has 116 valence electrons. The van der Waals surface area contributed by atoms with Gasteiger partial charge in [0.25, 0.3) is 0 Å². The van der Waals surface area contributed by atoms with E-state index in [2.05, 4.69) is 13.2 Å². The fraction of sp³-hybridized carbons (Fsp3) is 0.625. The summed E-state index contributed by atoms with van der Waals surface area (Å²) in [6.45, 7) is 7.17. The first kappa shape index (κ1) is 19.1. The van der Waals surface area contributed by atoms with Crippen LogP contribution in [0.3, 0.4) is 0 Å². The Labute approximate surface area is 121 Å². The van der Waals surface area contributed by atoms with E-state index < -0.39 is 18.3 Å². The van der Waals surface area contributed by atoms with Gasteiger partial charge in [0, 0.05) is 18.9 Å². The molecule has 0 rings (SSSR count). The van der Waals surface area contributed by atoms with Crippen LogP contribution in [0.2, 0.25) is 0 Å². The first-order valence-electron chi connectivity index (χ1n) is 7.12. The Balaban J connectivity index is 4.44. The zero-order chi connectivity index (χ0) is 15.4. The van der Waals surface area contributed by atoms with Crippen LogP contribution in [0.1, 0.15) is 32.1 Å². The van der Waals surface area contributed by atoms with Gasteiger partial charge in [0.05, 0.1) is 18.3 Å². The predicted octanol–water partition coefficient (Wildman–Crippen LogP) is 1.56. The van der Waals surface area contributed by atoms with Crippen molar-refractivity contribution in [1.29, 1.82) is 0 Å².